The maximum absolute atomic E-state index is 11.5. The van der Waals surface area contributed by atoms with Crippen LogP contribution in [0.3, 0.4) is 0 Å². The molecule has 3 N–H and O–H groups in total. The monoisotopic (exact) mass is 430 g/mol. The summed E-state index contributed by atoms with van der Waals surface area (Å²) >= 11 is 0. The lowest BCUT2D eigenvalue weighted by molar-refractivity contribution is -0.861. The van der Waals surface area contributed by atoms with Crippen molar-refractivity contribution in [3.05, 3.63) is 23.4 Å². The van der Waals surface area contributed by atoms with Gasteiger partial charge in [0.25, 0.3) is 0 Å². The fourth-order valence-electron chi connectivity index (χ4n) is 8.41. The van der Waals surface area contributed by atoms with Gasteiger partial charge in [0.05, 0.1) is 12.6 Å². The minimum Gasteiger partial charge on any atom is -0.481 e. The third-order valence-corrected chi connectivity index (χ3v) is 9.69. The van der Waals surface area contributed by atoms with Crippen LogP contribution in [0, 0.1) is 28.1 Å². The predicted molar refractivity (Wildman–Crippen MR) is 120 cm³/mol. The van der Waals surface area contributed by atoms with Gasteiger partial charge in [-0.3, -0.25) is 9.69 Å². The Morgan fingerprint density at radius 2 is 1.77 bits per heavy atom. The molecule has 5 nitrogen and oxygen atoms in total. The molecule has 6 unspecified atom stereocenters. The minimum absolute atomic E-state index is 0.00564. The van der Waals surface area contributed by atoms with E-state index in [-0.39, 0.29) is 24.4 Å². The molecule has 0 saturated heterocycles. The topological polar surface area (TPSA) is 79.0 Å². The van der Waals surface area contributed by atoms with E-state index in [1.54, 1.807) is 0 Å². The maximum Gasteiger partial charge on any atom is 0.359 e. The van der Waals surface area contributed by atoms with Crippen molar-refractivity contribution in [2.45, 2.75) is 91.5 Å². The number of hydrogen-bond donors (Lipinski definition) is 3. The standard InChI is InChI=1S/C26H39NO4/c1-24(2)11-5-12-26(4)20(24)10-13-25(3)19-14-18(7-9-22(28)29)27(16-23(30)31)15-17(19)6-8-21(25)26/h14-15,18,20-21H,5-13,16H2,1-4H3,(H,28,29)(H,30,31)/p+1. The predicted octanol–water partition coefficient (Wildman–Crippen LogP) is 4.06. The summed E-state index contributed by atoms with van der Waals surface area (Å²) < 4.78 is 0. The van der Waals surface area contributed by atoms with Crippen LogP contribution in [-0.4, -0.2) is 34.7 Å². The average molecular weight is 431 g/mol. The highest BCUT2D eigenvalue weighted by molar-refractivity contribution is 5.68. The summed E-state index contributed by atoms with van der Waals surface area (Å²) in [5.41, 5.74) is 3.59. The Hall–Kier alpha value is -1.62. The molecule has 1 aliphatic heterocycles. The SMILES string of the molecule is CC1(C)CCCC2(C)C1CCC1(C)C3=CC(CCC(=O)O)[NH+](CC(=O)O)C=C3CCC12. The molecule has 3 saturated carbocycles. The summed E-state index contributed by atoms with van der Waals surface area (Å²) in [6.07, 6.45) is 13.6. The lowest BCUT2D eigenvalue weighted by Gasteiger charge is -2.65. The largest absolute Gasteiger partial charge is 0.481 e. The number of allylic oxidation sites excluding steroid dienone is 2. The molecule has 31 heavy (non-hydrogen) atoms. The van der Waals surface area contributed by atoms with E-state index in [4.69, 9.17) is 0 Å². The summed E-state index contributed by atoms with van der Waals surface area (Å²) in [5, 5.41) is 18.7. The third kappa shape index (κ3) is 3.77. The van der Waals surface area contributed by atoms with E-state index in [1.807, 2.05) is 0 Å². The molecule has 1 heterocycles. The van der Waals surface area contributed by atoms with E-state index in [0.717, 1.165) is 17.2 Å². The van der Waals surface area contributed by atoms with Crippen LogP contribution < -0.4 is 4.90 Å². The van der Waals surface area contributed by atoms with Gasteiger partial charge in [-0.15, -0.1) is 0 Å². The molecule has 0 aromatic heterocycles. The van der Waals surface area contributed by atoms with Crippen molar-refractivity contribution in [1.29, 1.82) is 0 Å². The van der Waals surface area contributed by atoms with Crippen molar-refractivity contribution in [2.24, 2.45) is 28.1 Å². The van der Waals surface area contributed by atoms with Crippen molar-refractivity contribution in [1.82, 2.24) is 0 Å². The Morgan fingerprint density at radius 1 is 1.03 bits per heavy atom. The molecule has 3 aliphatic carbocycles. The molecule has 4 rings (SSSR count). The summed E-state index contributed by atoms with van der Waals surface area (Å²) in [5.74, 6) is -0.240. The van der Waals surface area contributed by atoms with Crippen LogP contribution in [0.4, 0.5) is 0 Å². The fraction of sp³-hybridized carbons (Fsp3) is 0.769. The van der Waals surface area contributed by atoms with Crippen LogP contribution >= 0.6 is 0 Å². The lowest BCUT2D eigenvalue weighted by atomic mass is 9.40. The average Bonchev–Trinajstić information content (AvgIpc) is 2.65. The number of nitrogens with one attached hydrogen (secondary N) is 1. The van der Waals surface area contributed by atoms with E-state index in [1.165, 1.54) is 49.7 Å². The van der Waals surface area contributed by atoms with Crippen LogP contribution in [-0.2, 0) is 9.59 Å². The zero-order valence-corrected chi connectivity index (χ0v) is 19.7. The number of carboxylic acids is 2. The van der Waals surface area contributed by atoms with Crippen LogP contribution in [0.5, 0.6) is 0 Å². The second-order valence-corrected chi connectivity index (χ2v) is 11.9. The Bertz CT molecular complexity index is 827. The van der Waals surface area contributed by atoms with E-state index >= 15 is 0 Å². The number of carboxylic acid groups (broad SMARTS) is 2. The molecule has 5 heteroatoms. The number of aliphatic carboxylic acids is 2. The van der Waals surface area contributed by atoms with Crippen molar-refractivity contribution in [2.75, 3.05) is 6.54 Å². The molecule has 4 aliphatic rings. The zero-order valence-electron chi connectivity index (χ0n) is 19.7. The van der Waals surface area contributed by atoms with Gasteiger partial charge in [-0.05, 0) is 78.3 Å². The summed E-state index contributed by atoms with van der Waals surface area (Å²) in [6.45, 7) is 9.96. The second kappa shape index (κ2) is 7.75. The van der Waals surface area contributed by atoms with Gasteiger partial charge in [-0.25, -0.2) is 4.79 Å². The molecular weight excluding hydrogens is 390 g/mol. The Labute approximate surface area is 186 Å². The van der Waals surface area contributed by atoms with Crippen molar-refractivity contribution in [3.8, 4) is 0 Å². The summed E-state index contributed by atoms with van der Waals surface area (Å²) in [7, 11) is 0. The van der Waals surface area contributed by atoms with Crippen LogP contribution in [0.2, 0.25) is 0 Å². The third-order valence-electron chi connectivity index (χ3n) is 9.69. The minimum atomic E-state index is -0.832. The molecule has 0 radical (unpaired) electrons. The van der Waals surface area contributed by atoms with Gasteiger partial charge in [0.2, 0.25) is 0 Å². The van der Waals surface area contributed by atoms with Gasteiger partial charge >= 0.3 is 11.9 Å². The number of hydrogen-bond acceptors (Lipinski definition) is 2. The van der Waals surface area contributed by atoms with E-state index < -0.39 is 11.9 Å². The highest BCUT2D eigenvalue weighted by atomic mass is 16.4. The number of carbonyl (C=O) groups is 2. The number of quaternary nitrogens is 1. The Morgan fingerprint density at radius 3 is 2.45 bits per heavy atom. The lowest BCUT2D eigenvalue weighted by Crippen LogP contribution is -3.13. The summed E-state index contributed by atoms with van der Waals surface area (Å²) in [6, 6.07) is -0.0742. The van der Waals surface area contributed by atoms with E-state index in [2.05, 4.69) is 40.0 Å². The van der Waals surface area contributed by atoms with Crippen LogP contribution in [0.25, 0.3) is 0 Å². The summed E-state index contributed by atoms with van der Waals surface area (Å²) in [4.78, 5) is 23.6. The van der Waals surface area contributed by atoms with Crippen molar-refractivity contribution in [3.63, 3.8) is 0 Å². The molecule has 0 amide bonds. The van der Waals surface area contributed by atoms with Gasteiger partial charge in [-0.2, -0.15) is 0 Å². The van der Waals surface area contributed by atoms with E-state index in [9.17, 15) is 19.8 Å². The smallest absolute Gasteiger partial charge is 0.359 e. The molecule has 0 aromatic rings. The normalized spacial score (nSPS) is 41.2. The molecular formula is C26H40NO4+. The van der Waals surface area contributed by atoms with Gasteiger partial charge in [-0.1, -0.05) is 34.1 Å². The molecule has 3 fully saturated rings. The van der Waals surface area contributed by atoms with Gasteiger partial charge in [0, 0.05) is 12.0 Å². The second-order valence-electron chi connectivity index (χ2n) is 11.9. The van der Waals surface area contributed by atoms with Crippen LogP contribution in [0.1, 0.15) is 85.5 Å². The fourth-order valence-corrected chi connectivity index (χ4v) is 8.41. The Balaban J connectivity index is 1.69. The number of rotatable bonds is 5. The molecule has 6 atom stereocenters. The van der Waals surface area contributed by atoms with Crippen molar-refractivity contribution >= 4 is 11.9 Å². The zero-order chi connectivity index (χ0) is 22.6. The first-order valence-corrected chi connectivity index (χ1v) is 12.2. The van der Waals surface area contributed by atoms with Gasteiger partial charge in [0.15, 0.2) is 6.54 Å². The first-order chi connectivity index (χ1) is 14.5. The molecule has 0 bridgehead atoms. The highest BCUT2D eigenvalue weighted by Crippen LogP contribution is 2.69. The van der Waals surface area contributed by atoms with Gasteiger partial charge < -0.3 is 10.2 Å². The Kier molecular flexibility index (Phi) is 5.65. The first kappa shape index (κ1) is 22.6. The van der Waals surface area contributed by atoms with Crippen molar-refractivity contribution < 1.29 is 24.7 Å². The maximum atomic E-state index is 11.5. The number of fused-ring (bicyclic) bond motifs is 5. The molecule has 0 spiro atoms. The quantitative estimate of drug-likeness (QED) is 0.615. The van der Waals surface area contributed by atoms with Gasteiger partial charge in [0.1, 0.15) is 6.04 Å². The molecule has 0 aromatic carbocycles. The van der Waals surface area contributed by atoms with Crippen LogP contribution in [0.15, 0.2) is 23.4 Å². The first-order valence-electron chi connectivity index (χ1n) is 12.2. The molecule has 172 valence electrons. The highest BCUT2D eigenvalue weighted by Gasteiger charge is 2.60. The van der Waals surface area contributed by atoms with E-state index in [0.29, 0.717) is 23.2 Å².